The summed E-state index contributed by atoms with van der Waals surface area (Å²) in [7, 11) is 0. The molecule has 4 heteroatoms. The van der Waals surface area contributed by atoms with Crippen LogP contribution >= 0.6 is 23.1 Å². The molecule has 1 heterocycles. The van der Waals surface area contributed by atoms with Gasteiger partial charge < -0.3 is 5.11 Å². The zero-order valence-electron chi connectivity index (χ0n) is 11.5. The van der Waals surface area contributed by atoms with E-state index < -0.39 is 0 Å². The number of aliphatic hydroxyl groups excluding tert-OH is 1. The predicted molar refractivity (Wildman–Crippen MR) is 82.9 cm³/mol. The highest BCUT2D eigenvalue weighted by atomic mass is 32.2. The normalized spacial score (nSPS) is 11.2. The summed E-state index contributed by atoms with van der Waals surface area (Å²) in [5.41, 5.74) is 2.33. The lowest BCUT2D eigenvalue weighted by Crippen LogP contribution is -1.93. The quantitative estimate of drug-likeness (QED) is 0.832. The van der Waals surface area contributed by atoms with E-state index in [9.17, 15) is 5.11 Å². The first kappa shape index (κ1) is 14.6. The number of nitrogens with zero attached hydrogens (tertiary/aromatic N) is 1. The molecule has 2 aromatic rings. The molecule has 1 N–H and O–H groups in total. The molecular formula is C15H19NOS2. The van der Waals surface area contributed by atoms with E-state index >= 15 is 0 Å². The van der Waals surface area contributed by atoms with E-state index in [0.717, 1.165) is 21.3 Å². The molecule has 0 saturated carbocycles. The van der Waals surface area contributed by atoms with Crippen LogP contribution in [0.4, 0.5) is 0 Å². The topological polar surface area (TPSA) is 33.1 Å². The monoisotopic (exact) mass is 293 g/mol. The van der Waals surface area contributed by atoms with Crippen LogP contribution in [0.2, 0.25) is 0 Å². The fourth-order valence-corrected chi connectivity index (χ4v) is 3.79. The molecule has 19 heavy (non-hydrogen) atoms. The SMILES string of the molecule is Cc1ccc(SCc2nc(C(C)C)c(CO)s2)cc1. The predicted octanol–water partition coefficient (Wildman–Crippen LogP) is 4.36. The van der Waals surface area contributed by atoms with E-state index in [1.54, 1.807) is 23.1 Å². The largest absolute Gasteiger partial charge is 0.391 e. The molecule has 0 radical (unpaired) electrons. The van der Waals surface area contributed by atoms with Crippen molar-refractivity contribution in [1.29, 1.82) is 0 Å². The lowest BCUT2D eigenvalue weighted by Gasteiger charge is -2.01. The molecule has 0 aliphatic heterocycles. The average molecular weight is 293 g/mol. The van der Waals surface area contributed by atoms with Crippen LogP contribution in [0.15, 0.2) is 29.2 Å². The highest BCUT2D eigenvalue weighted by Gasteiger charge is 2.13. The molecule has 0 bridgehead atoms. The second-order valence-electron chi connectivity index (χ2n) is 4.83. The summed E-state index contributed by atoms with van der Waals surface area (Å²) in [6, 6.07) is 8.54. The van der Waals surface area contributed by atoms with Crippen molar-refractivity contribution in [3.05, 3.63) is 45.4 Å². The van der Waals surface area contributed by atoms with Crippen molar-refractivity contribution in [2.75, 3.05) is 0 Å². The van der Waals surface area contributed by atoms with Crippen molar-refractivity contribution in [1.82, 2.24) is 4.98 Å². The van der Waals surface area contributed by atoms with E-state index in [1.165, 1.54) is 10.5 Å². The summed E-state index contributed by atoms with van der Waals surface area (Å²) >= 11 is 3.42. The second-order valence-corrected chi connectivity index (χ2v) is 7.05. The molecular weight excluding hydrogens is 274 g/mol. The fraction of sp³-hybridized carbons (Fsp3) is 0.400. The lowest BCUT2D eigenvalue weighted by molar-refractivity contribution is 0.283. The molecule has 1 aromatic carbocycles. The Morgan fingerprint density at radius 2 is 1.95 bits per heavy atom. The number of thioether (sulfide) groups is 1. The number of aromatic nitrogens is 1. The van der Waals surface area contributed by atoms with Crippen LogP contribution < -0.4 is 0 Å². The Morgan fingerprint density at radius 3 is 2.47 bits per heavy atom. The number of aliphatic hydroxyl groups is 1. The Labute approximate surface area is 122 Å². The van der Waals surface area contributed by atoms with Crippen LogP contribution in [-0.2, 0) is 12.4 Å². The highest BCUT2D eigenvalue weighted by Crippen LogP contribution is 2.30. The summed E-state index contributed by atoms with van der Waals surface area (Å²) in [5.74, 6) is 1.24. The third-order valence-electron chi connectivity index (χ3n) is 2.85. The average Bonchev–Trinajstić information content (AvgIpc) is 2.81. The zero-order chi connectivity index (χ0) is 13.8. The maximum atomic E-state index is 9.36. The van der Waals surface area contributed by atoms with Crippen molar-refractivity contribution in [2.24, 2.45) is 0 Å². The maximum absolute atomic E-state index is 9.36. The number of rotatable bonds is 5. The van der Waals surface area contributed by atoms with Gasteiger partial charge in [-0.05, 0) is 25.0 Å². The molecule has 102 valence electrons. The second kappa shape index (κ2) is 6.55. The highest BCUT2D eigenvalue weighted by molar-refractivity contribution is 7.98. The Balaban J connectivity index is 2.05. The van der Waals surface area contributed by atoms with Gasteiger partial charge in [0.2, 0.25) is 0 Å². The van der Waals surface area contributed by atoms with Crippen LogP contribution in [0, 0.1) is 6.92 Å². The number of hydrogen-bond acceptors (Lipinski definition) is 4. The van der Waals surface area contributed by atoms with Crippen molar-refractivity contribution < 1.29 is 5.11 Å². The van der Waals surface area contributed by atoms with Crippen LogP contribution in [0.1, 0.15) is 40.9 Å². The summed E-state index contributed by atoms with van der Waals surface area (Å²) in [6.45, 7) is 6.42. The number of hydrogen-bond donors (Lipinski definition) is 1. The van der Waals surface area contributed by atoms with Gasteiger partial charge in [-0.3, -0.25) is 0 Å². The summed E-state index contributed by atoms with van der Waals surface area (Å²) < 4.78 is 0. The maximum Gasteiger partial charge on any atom is 0.103 e. The Bertz CT molecular complexity index is 532. The Morgan fingerprint density at radius 1 is 1.26 bits per heavy atom. The van der Waals surface area contributed by atoms with Gasteiger partial charge in [0.1, 0.15) is 5.01 Å². The van der Waals surface area contributed by atoms with Crippen LogP contribution in [0.3, 0.4) is 0 Å². The third kappa shape index (κ3) is 3.81. The number of thiazole rings is 1. The van der Waals surface area contributed by atoms with Crippen LogP contribution in [0.5, 0.6) is 0 Å². The number of aryl methyl sites for hydroxylation is 1. The van der Waals surface area contributed by atoms with Gasteiger partial charge in [-0.15, -0.1) is 23.1 Å². The van der Waals surface area contributed by atoms with E-state index in [4.69, 9.17) is 0 Å². The van der Waals surface area contributed by atoms with E-state index in [-0.39, 0.29) is 6.61 Å². The van der Waals surface area contributed by atoms with Gasteiger partial charge in [0, 0.05) is 4.90 Å². The molecule has 0 unspecified atom stereocenters. The molecule has 0 atom stereocenters. The molecule has 2 rings (SSSR count). The van der Waals surface area contributed by atoms with Gasteiger partial charge in [-0.1, -0.05) is 31.5 Å². The molecule has 0 fully saturated rings. The molecule has 0 saturated heterocycles. The van der Waals surface area contributed by atoms with E-state index in [0.29, 0.717) is 5.92 Å². The minimum Gasteiger partial charge on any atom is -0.391 e. The fourth-order valence-electron chi connectivity index (χ4n) is 1.82. The molecule has 0 amide bonds. The third-order valence-corrected chi connectivity index (χ3v) is 5.11. The smallest absolute Gasteiger partial charge is 0.103 e. The first-order chi connectivity index (χ1) is 9.10. The minimum absolute atomic E-state index is 0.0976. The molecule has 1 aromatic heterocycles. The molecule has 0 aliphatic carbocycles. The first-order valence-corrected chi connectivity index (χ1v) is 8.19. The summed E-state index contributed by atoms with van der Waals surface area (Å²) in [5, 5.41) is 10.5. The first-order valence-electron chi connectivity index (χ1n) is 6.39. The minimum atomic E-state index is 0.0976. The van der Waals surface area contributed by atoms with Crippen molar-refractivity contribution in [2.45, 2.75) is 43.9 Å². The van der Waals surface area contributed by atoms with Gasteiger partial charge in [-0.2, -0.15) is 0 Å². The van der Waals surface area contributed by atoms with Gasteiger partial charge in [0.05, 0.1) is 22.9 Å². The van der Waals surface area contributed by atoms with Crippen LogP contribution in [-0.4, -0.2) is 10.1 Å². The van der Waals surface area contributed by atoms with Crippen molar-refractivity contribution in [3.63, 3.8) is 0 Å². The molecule has 0 spiro atoms. The van der Waals surface area contributed by atoms with Gasteiger partial charge >= 0.3 is 0 Å². The summed E-state index contributed by atoms with van der Waals surface area (Å²) in [6.07, 6.45) is 0. The summed E-state index contributed by atoms with van der Waals surface area (Å²) in [4.78, 5) is 6.92. The van der Waals surface area contributed by atoms with Gasteiger partial charge in [0.25, 0.3) is 0 Å². The van der Waals surface area contributed by atoms with Crippen molar-refractivity contribution in [3.8, 4) is 0 Å². The lowest BCUT2D eigenvalue weighted by atomic mass is 10.1. The van der Waals surface area contributed by atoms with Crippen molar-refractivity contribution >= 4 is 23.1 Å². The zero-order valence-corrected chi connectivity index (χ0v) is 13.1. The van der Waals surface area contributed by atoms with Crippen LogP contribution in [0.25, 0.3) is 0 Å². The Kier molecular flexibility index (Phi) is 5.02. The molecule has 2 nitrogen and oxygen atoms in total. The number of benzene rings is 1. The molecule has 0 aliphatic rings. The van der Waals surface area contributed by atoms with Gasteiger partial charge in [-0.25, -0.2) is 4.98 Å². The Hall–Kier alpha value is -0.840. The van der Waals surface area contributed by atoms with E-state index in [2.05, 4.69) is 50.0 Å². The van der Waals surface area contributed by atoms with Gasteiger partial charge in [0.15, 0.2) is 0 Å². The standard InChI is InChI=1S/C15H19NOS2/c1-10(2)15-13(8-17)19-14(16-15)9-18-12-6-4-11(3)5-7-12/h4-7,10,17H,8-9H2,1-3H3. The van der Waals surface area contributed by atoms with E-state index in [1.807, 2.05) is 0 Å².